The van der Waals surface area contributed by atoms with E-state index in [1.807, 2.05) is 45.2 Å². The molecule has 0 saturated heterocycles. The molecule has 2 bridgehead atoms. The number of methoxy groups -OCH3 is 1. The topological polar surface area (TPSA) is 99.7 Å². The second-order valence-electron chi connectivity index (χ2n) is 16.3. The highest BCUT2D eigenvalue weighted by molar-refractivity contribution is 8.03. The second kappa shape index (κ2) is 20.7. The minimum Gasteiger partial charge on any atom is -0.381 e. The van der Waals surface area contributed by atoms with Crippen LogP contribution in [0.15, 0.2) is 106 Å². The van der Waals surface area contributed by atoms with E-state index < -0.39 is 15.5 Å². The van der Waals surface area contributed by atoms with Crippen molar-refractivity contribution in [3.05, 3.63) is 118 Å². The van der Waals surface area contributed by atoms with Crippen LogP contribution in [0.2, 0.25) is 5.02 Å². The molecule has 2 aliphatic heterocycles. The summed E-state index contributed by atoms with van der Waals surface area (Å²) < 4.78 is 78.5. The summed E-state index contributed by atoms with van der Waals surface area (Å²) in [4.78, 5) is 14.2. The predicted octanol–water partition coefficient (Wildman–Crippen LogP) is 11.2. The van der Waals surface area contributed by atoms with E-state index in [2.05, 4.69) is 79.3 Å². The van der Waals surface area contributed by atoms with Crippen LogP contribution >= 0.6 is 35.1 Å². The van der Waals surface area contributed by atoms with E-state index in [0.29, 0.717) is 48.3 Å². The number of fused-ring (bicyclic) bond motifs is 2. The molecule has 2 atom stereocenters. The van der Waals surface area contributed by atoms with Gasteiger partial charge >= 0.3 is 5.51 Å². The van der Waals surface area contributed by atoms with Crippen molar-refractivity contribution in [1.29, 1.82) is 0 Å². The molecule has 3 aromatic carbocycles. The third-order valence-corrected chi connectivity index (χ3v) is 16.0. The average molecular weight is 942 g/mol. The Balaban J connectivity index is 0.00000293. The van der Waals surface area contributed by atoms with Crippen LogP contribution in [-0.4, -0.2) is 90.4 Å². The van der Waals surface area contributed by atoms with Crippen LogP contribution in [-0.2, 0) is 34.1 Å². The third kappa shape index (κ3) is 11.8. The molecule has 16 heteroatoms. The summed E-state index contributed by atoms with van der Waals surface area (Å²) in [5, 5.41) is 4.03. The highest BCUT2D eigenvalue weighted by atomic mass is 35.5. The number of sulfonamides is 1. The number of anilines is 2. The van der Waals surface area contributed by atoms with E-state index in [1.165, 1.54) is 29.6 Å². The van der Waals surface area contributed by atoms with Gasteiger partial charge in [-0.15, -0.1) is 11.8 Å². The highest BCUT2D eigenvalue weighted by Gasteiger charge is 2.39. The SMILES string of the molecule is CC.COC1(Cc2ccccc2-c2ccc(Cl)cc2)CCC(N2CCc3c(ncnc3NS(=O)(=O)c3ccc(N[C@@H]4CCN(C)C5C=C(C=CC5)SC4)c(SC(F)(F)F)c3)C2)CC1. The van der Waals surface area contributed by atoms with Crippen molar-refractivity contribution in [2.75, 3.05) is 43.0 Å². The van der Waals surface area contributed by atoms with E-state index in [9.17, 15) is 21.6 Å². The summed E-state index contributed by atoms with van der Waals surface area (Å²) in [6.07, 6.45) is 14.4. The van der Waals surface area contributed by atoms with Crippen molar-refractivity contribution in [3.63, 3.8) is 0 Å². The van der Waals surface area contributed by atoms with Crippen LogP contribution in [0.5, 0.6) is 0 Å². The summed E-state index contributed by atoms with van der Waals surface area (Å²) in [6.45, 7) is 5.99. The average Bonchev–Trinajstić information content (AvgIpc) is 3.32. The first kappa shape index (κ1) is 47.4. The number of halogens is 4. The Kier molecular flexibility index (Phi) is 15.6. The molecular weight excluding hydrogens is 885 g/mol. The number of aromatic nitrogens is 2. The van der Waals surface area contributed by atoms with Gasteiger partial charge in [-0.1, -0.05) is 80.1 Å². The molecular formula is C47H56ClF3N6O3S3. The largest absolute Gasteiger partial charge is 0.446 e. The van der Waals surface area contributed by atoms with Gasteiger partial charge in [0.2, 0.25) is 0 Å². The van der Waals surface area contributed by atoms with Crippen LogP contribution < -0.4 is 10.0 Å². The number of hydrogen-bond donors (Lipinski definition) is 2. The summed E-state index contributed by atoms with van der Waals surface area (Å²) in [7, 11) is -0.449. The van der Waals surface area contributed by atoms with Gasteiger partial charge < -0.3 is 10.1 Å². The molecule has 1 saturated carbocycles. The maximum Gasteiger partial charge on any atom is 0.446 e. The molecule has 1 unspecified atom stereocenters. The predicted molar refractivity (Wildman–Crippen MR) is 252 cm³/mol. The second-order valence-corrected chi connectivity index (χ2v) is 20.7. The van der Waals surface area contributed by atoms with Crippen LogP contribution in [0.3, 0.4) is 0 Å². The summed E-state index contributed by atoms with van der Waals surface area (Å²) >= 11 is 7.53. The molecule has 63 heavy (non-hydrogen) atoms. The van der Waals surface area contributed by atoms with E-state index in [0.717, 1.165) is 67.3 Å². The van der Waals surface area contributed by atoms with Gasteiger partial charge in [-0.2, -0.15) is 13.2 Å². The maximum atomic E-state index is 13.9. The lowest BCUT2D eigenvalue weighted by Gasteiger charge is -2.44. The number of allylic oxidation sites excluding steroid dienone is 1. The molecule has 0 spiro atoms. The molecule has 338 valence electrons. The molecule has 4 aliphatic rings. The van der Waals surface area contributed by atoms with E-state index in [1.54, 1.807) is 11.8 Å². The molecule has 8 rings (SSSR count). The van der Waals surface area contributed by atoms with Crippen LogP contribution in [0.25, 0.3) is 11.1 Å². The lowest BCUT2D eigenvalue weighted by Crippen LogP contribution is -2.47. The molecule has 1 fully saturated rings. The monoisotopic (exact) mass is 940 g/mol. The van der Waals surface area contributed by atoms with Gasteiger partial charge in [-0.05, 0) is 111 Å². The fraction of sp³-hybridized carbons (Fsp3) is 0.447. The number of nitrogens with zero attached hydrogens (tertiary/aromatic N) is 4. The van der Waals surface area contributed by atoms with Crippen molar-refractivity contribution < 1.29 is 26.3 Å². The number of rotatable bonds is 11. The quantitative estimate of drug-likeness (QED) is 0.141. The Morgan fingerprint density at radius 3 is 2.52 bits per heavy atom. The zero-order valence-electron chi connectivity index (χ0n) is 36.1. The Bertz CT molecular complexity index is 2380. The molecule has 2 aliphatic carbocycles. The zero-order valence-corrected chi connectivity index (χ0v) is 39.3. The first-order valence-corrected chi connectivity index (χ1v) is 25.3. The van der Waals surface area contributed by atoms with Crippen LogP contribution in [0.1, 0.15) is 69.2 Å². The number of thioether (sulfide) groups is 2. The van der Waals surface area contributed by atoms with Gasteiger partial charge in [-0.3, -0.25) is 14.5 Å². The first-order chi connectivity index (χ1) is 30.3. The number of alkyl halides is 3. The number of likely N-dealkylation sites (N-methyl/N-ethyl adjacent to an activating group) is 1. The van der Waals surface area contributed by atoms with Crippen molar-refractivity contribution in [3.8, 4) is 11.1 Å². The van der Waals surface area contributed by atoms with E-state index >= 15 is 0 Å². The first-order valence-electron chi connectivity index (χ1n) is 21.6. The highest BCUT2D eigenvalue weighted by Crippen LogP contribution is 2.43. The van der Waals surface area contributed by atoms with E-state index in [-0.39, 0.29) is 50.7 Å². The summed E-state index contributed by atoms with van der Waals surface area (Å²) in [6, 6.07) is 20.7. The van der Waals surface area contributed by atoms with Crippen molar-refractivity contribution >= 4 is 56.7 Å². The van der Waals surface area contributed by atoms with E-state index in [4.69, 9.17) is 16.3 Å². The van der Waals surface area contributed by atoms with Crippen LogP contribution in [0, 0.1) is 0 Å². The Morgan fingerprint density at radius 2 is 1.78 bits per heavy atom. The molecule has 1 aromatic heterocycles. The lowest BCUT2D eigenvalue weighted by molar-refractivity contribution is -0.0565. The molecule has 0 radical (unpaired) electrons. The van der Waals surface area contributed by atoms with Crippen molar-refractivity contribution in [2.24, 2.45) is 0 Å². The minimum atomic E-state index is -4.63. The molecule has 9 nitrogen and oxygen atoms in total. The smallest absolute Gasteiger partial charge is 0.381 e. The maximum absolute atomic E-state index is 13.9. The van der Waals surface area contributed by atoms with Gasteiger partial charge in [-0.25, -0.2) is 18.4 Å². The Labute approximate surface area is 383 Å². The zero-order chi connectivity index (χ0) is 44.8. The fourth-order valence-electron chi connectivity index (χ4n) is 9.02. The number of ether oxygens (including phenoxy) is 1. The molecule has 2 N–H and O–H groups in total. The Hall–Kier alpha value is -3.57. The summed E-state index contributed by atoms with van der Waals surface area (Å²) in [5.41, 5.74) is 0.277. The van der Waals surface area contributed by atoms with Gasteiger partial charge in [0, 0.05) is 83.1 Å². The van der Waals surface area contributed by atoms with Crippen molar-refractivity contribution in [2.45, 2.75) is 111 Å². The van der Waals surface area contributed by atoms with Gasteiger partial charge in [0.05, 0.1) is 16.2 Å². The molecule has 4 aromatic rings. The van der Waals surface area contributed by atoms with Gasteiger partial charge in [0.15, 0.2) is 0 Å². The fourth-order valence-corrected chi connectivity index (χ4v) is 12.0. The van der Waals surface area contributed by atoms with Gasteiger partial charge in [0.25, 0.3) is 10.0 Å². The molecule has 3 heterocycles. The summed E-state index contributed by atoms with van der Waals surface area (Å²) in [5.74, 6) is 0.804. The third-order valence-electron chi connectivity index (χ3n) is 12.5. The number of benzene rings is 3. The van der Waals surface area contributed by atoms with Gasteiger partial charge in [0.1, 0.15) is 12.1 Å². The normalized spacial score (nSPS) is 23.2. The Morgan fingerprint density at radius 1 is 1.02 bits per heavy atom. The number of hydrogen-bond acceptors (Lipinski definition) is 10. The van der Waals surface area contributed by atoms with Crippen LogP contribution in [0.4, 0.5) is 24.7 Å². The number of nitrogens with one attached hydrogen (secondary N) is 2. The van der Waals surface area contributed by atoms with Crippen molar-refractivity contribution in [1.82, 2.24) is 19.8 Å². The standard InChI is InChI=1S/C45H50ClF3N6O3S3.C2H6/c1-54-22-18-33(28-59-36-8-5-7-35(54)24-36)52-40-15-14-37(25-42(40)60-45(47,48)49)61(56,57)53-43-39-19-23-55(27-41(39)50-29-51-43)34-16-20-44(58-2,21-17-34)26-31-6-3-4-9-38(31)30-10-12-32(46)13-11-30;1-2/h3-6,8-15,24-25,29,33-35,52H,7,16-23,26-28H2,1-2H3,(H,50,51,53);1-2H3/t33-,34?,35?,44?;/m1./s1. The minimum absolute atomic E-state index is 0.138. The molecule has 0 amide bonds. The lowest BCUT2D eigenvalue weighted by atomic mass is 9.76.